The van der Waals surface area contributed by atoms with Crippen molar-refractivity contribution < 1.29 is 0 Å². The molecule has 0 aliphatic carbocycles. The normalized spacial score (nSPS) is 14.8. The lowest BCUT2D eigenvalue weighted by Gasteiger charge is -2.17. The van der Waals surface area contributed by atoms with Crippen LogP contribution >= 0.6 is 0 Å². The molecule has 1 aromatic rings. The summed E-state index contributed by atoms with van der Waals surface area (Å²) in [5, 5.41) is 3.61. The Bertz CT molecular complexity index is 326. The topological polar surface area (TPSA) is 12.0 Å². The molecule has 1 heteroatoms. The van der Waals surface area contributed by atoms with Crippen LogP contribution in [0.4, 0.5) is 0 Å². The molecule has 0 fully saturated rings. The van der Waals surface area contributed by atoms with Crippen LogP contribution in [0.15, 0.2) is 24.3 Å². The standard InChI is InChI=1S/C17H29N/c1-6-14(4)12-18-15(5)17-9-7-16(8-10-17)11-13(2)3/h7-10,13-15,18H,6,11-12H2,1-5H3. The Kier molecular flexibility index (Phi) is 6.42. The van der Waals surface area contributed by atoms with Gasteiger partial charge in [-0.15, -0.1) is 0 Å². The predicted molar refractivity (Wildman–Crippen MR) is 80.9 cm³/mol. The van der Waals surface area contributed by atoms with Crippen LogP contribution in [0.3, 0.4) is 0 Å². The van der Waals surface area contributed by atoms with Crippen LogP contribution in [0.2, 0.25) is 0 Å². The van der Waals surface area contributed by atoms with Gasteiger partial charge in [0.2, 0.25) is 0 Å². The summed E-state index contributed by atoms with van der Waals surface area (Å²) in [4.78, 5) is 0. The molecule has 0 aliphatic heterocycles. The van der Waals surface area contributed by atoms with Crippen molar-refractivity contribution in [2.45, 2.75) is 53.5 Å². The minimum Gasteiger partial charge on any atom is -0.310 e. The van der Waals surface area contributed by atoms with E-state index < -0.39 is 0 Å². The quantitative estimate of drug-likeness (QED) is 0.743. The van der Waals surface area contributed by atoms with Crippen LogP contribution in [0.25, 0.3) is 0 Å². The van der Waals surface area contributed by atoms with Crippen molar-refractivity contribution in [3.05, 3.63) is 35.4 Å². The molecule has 2 unspecified atom stereocenters. The average molecular weight is 247 g/mol. The monoisotopic (exact) mass is 247 g/mol. The SMILES string of the molecule is CCC(C)CNC(C)c1ccc(CC(C)C)cc1. The molecule has 0 saturated carbocycles. The van der Waals surface area contributed by atoms with Gasteiger partial charge in [0.05, 0.1) is 0 Å². The van der Waals surface area contributed by atoms with E-state index in [2.05, 4.69) is 64.2 Å². The molecule has 0 aromatic heterocycles. The fourth-order valence-corrected chi connectivity index (χ4v) is 2.05. The van der Waals surface area contributed by atoms with Gasteiger partial charge in [0.25, 0.3) is 0 Å². The molecule has 0 aliphatic rings. The third-order valence-corrected chi connectivity index (χ3v) is 3.59. The fraction of sp³-hybridized carbons (Fsp3) is 0.647. The van der Waals surface area contributed by atoms with Crippen LogP contribution in [-0.2, 0) is 6.42 Å². The first-order valence-corrected chi connectivity index (χ1v) is 7.35. The second-order valence-corrected chi connectivity index (χ2v) is 5.98. The van der Waals surface area contributed by atoms with Gasteiger partial charge in [-0.1, -0.05) is 58.4 Å². The minimum atomic E-state index is 0.451. The second kappa shape index (κ2) is 7.58. The van der Waals surface area contributed by atoms with E-state index in [0.717, 1.165) is 18.4 Å². The lowest BCUT2D eigenvalue weighted by Crippen LogP contribution is -2.24. The molecule has 1 rings (SSSR count). The Labute approximate surface area is 113 Å². The maximum absolute atomic E-state index is 3.61. The predicted octanol–water partition coefficient (Wildman–Crippen LogP) is 4.58. The molecule has 1 aromatic carbocycles. The summed E-state index contributed by atoms with van der Waals surface area (Å²) in [6.45, 7) is 12.4. The van der Waals surface area contributed by atoms with Gasteiger partial charge in [0, 0.05) is 6.04 Å². The van der Waals surface area contributed by atoms with Crippen LogP contribution in [0.1, 0.15) is 58.2 Å². The Balaban J connectivity index is 2.50. The Hall–Kier alpha value is -0.820. The first kappa shape index (κ1) is 15.2. The van der Waals surface area contributed by atoms with E-state index in [1.807, 2.05) is 0 Å². The van der Waals surface area contributed by atoms with Crippen molar-refractivity contribution in [3.63, 3.8) is 0 Å². The molecule has 0 amide bonds. The van der Waals surface area contributed by atoms with Crippen molar-refractivity contribution in [3.8, 4) is 0 Å². The van der Waals surface area contributed by atoms with Gasteiger partial charge in [-0.2, -0.15) is 0 Å². The molecule has 1 nitrogen and oxygen atoms in total. The fourth-order valence-electron chi connectivity index (χ4n) is 2.05. The van der Waals surface area contributed by atoms with E-state index in [9.17, 15) is 0 Å². The highest BCUT2D eigenvalue weighted by atomic mass is 14.9. The second-order valence-electron chi connectivity index (χ2n) is 5.98. The number of hydrogen-bond acceptors (Lipinski definition) is 1. The van der Waals surface area contributed by atoms with E-state index in [0.29, 0.717) is 6.04 Å². The molecular formula is C17H29N. The summed E-state index contributed by atoms with van der Waals surface area (Å²) in [6, 6.07) is 9.54. The van der Waals surface area contributed by atoms with E-state index in [1.165, 1.54) is 24.0 Å². The molecular weight excluding hydrogens is 218 g/mol. The molecule has 2 atom stereocenters. The highest BCUT2D eigenvalue weighted by Gasteiger charge is 2.07. The summed E-state index contributed by atoms with van der Waals surface area (Å²) < 4.78 is 0. The largest absolute Gasteiger partial charge is 0.310 e. The summed E-state index contributed by atoms with van der Waals surface area (Å²) in [7, 11) is 0. The Morgan fingerprint density at radius 1 is 1.00 bits per heavy atom. The summed E-state index contributed by atoms with van der Waals surface area (Å²) in [5.41, 5.74) is 2.84. The van der Waals surface area contributed by atoms with Gasteiger partial charge in [0.15, 0.2) is 0 Å². The third-order valence-electron chi connectivity index (χ3n) is 3.59. The van der Waals surface area contributed by atoms with Gasteiger partial charge >= 0.3 is 0 Å². The molecule has 0 radical (unpaired) electrons. The first-order chi connectivity index (χ1) is 8.52. The molecule has 102 valence electrons. The minimum absolute atomic E-state index is 0.451. The van der Waals surface area contributed by atoms with Crippen molar-refractivity contribution >= 4 is 0 Å². The van der Waals surface area contributed by atoms with Gasteiger partial charge in [-0.05, 0) is 42.9 Å². The summed E-state index contributed by atoms with van der Waals surface area (Å²) in [5.74, 6) is 1.49. The van der Waals surface area contributed by atoms with E-state index in [1.54, 1.807) is 0 Å². The number of nitrogens with one attached hydrogen (secondary N) is 1. The van der Waals surface area contributed by atoms with E-state index in [4.69, 9.17) is 0 Å². The number of hydrogen-bond donors (Lipinski definition) is 1. The average Bonchev–Trinajstić information content (AvgIpc) is 2.35. The van der Waals surface area contributed by atoms with E-state index >= 15 is 0 Å². The van der Waals surface area contributed by atoms with E-state index in [-0.39, 0.29) is 0 Å². The summed E-state index contributed by atoms with van der Waals surface area (Å²) in [6.07, 6.45) is 2.42. The van der Waals surface area contributed by atoms with Gasteiger partial charge < -0.3 is 5.32 Å². The van der Waals surface area contributed by atoms with Crippen LogP contribution in [-0.4, -0.2) is 6.54 Å². The van der Waals surface area contributed by atoms with Crippen molar-refractivity contribution in [2.75, 3.05) is 6.54 Å². The highest BCUT2D eigenvalue weighted by Crippen LogP contribution is 2.16. The number of benzene rings is 1. The zero-order valence-corrected chi connectivity index (χ0v) is 12.7. The summed E-state index contributed by atoms with van der Waals surface area (Å²) >= 11 is 0. The molecule has 18 heavy (non-hydrogen) atoms. The van der Waals surface area contributed by atoms with Crippen LogP contribution < -0.4 is 5.32 Å². The van der Waals surface area contributed by atoms with Gasteiger partial charge in [-0.3, -0.25) is 0 Å². The molecule has 0 bridgehead atoms. The van der Waals surface area contributed by atoms with Crippen LogP contribution in [0, 0.1) is 11.8 Å². The highest BCUT2D eigenvalue weighted by molar-refractivity contribution is 5.25. The number of rotatable bonds is 7. The zero-order valence-electron chi connectivity index (χ0n) is 12.7. The third kappa shape index (κ3) is 5.22. The Morgan fingerprint density at radius 3 is 2.11 bits per heavy atom. The van der Waals surface area contributed by atoms with Crippen molar-refractivity contribution in [1.82, 2.24) is 5.32 Å². The lowest BCUT2D eigenvalue weighted by atomic mass is 9.99. The smallest absolute Gasteiger partial charge is 0.0291 e. The van der Waals surface area contributed by atoms with Crippen LogP contribution in [0.5, 0.6) is 0 Å². The molecule has 0 spiro atoms. The maximum atomic E-state index is 3.61. The zero-order chi connectivity index (χ0) is 13.5. The first-order valence-electron chi connectivity index (χ1n) is 7.35. The van der Waals surface area contributed by atoms with Crippen molar-refractivity contribution in [1.29, 1.82) is 0 Å². The maximum Gasteiger partial charge on any atom is 0.0291 e. The Morgan fingerprint density at radius 2 is 1.61 bits per heavy atom. The molecule has 1 N–H and O–H groups in total. The molecule has 0 heterocycles. The van der Waals surface area contributed by atoms with Gasteiger partial charge in [0.1, 0.15) is 0 Å². The lowest BCUT2D eigenvalue weighted by molar-refractivity contribution is 0.461. The van der Waals surface area contributed by atoms with Gasteiger partial charge in [-0.25, -0.2) is 0 Å². The van der Waals surface area contributed by atoms with Crippen molar-refractivity contribution in [2.24, 2.45) is 11.8 Å². The molecule has 0 saturated heterocycles.